The second kappa shape index (κ2) is 7.85. The molecule has 0 atom stereocenters. The quantitative estimate of drug-likeness (QED) is 0.313. The van der Waals surface area contributed by atoms with Crippen LogP contribution in [0.5, 0.6) is 0 Å². The van der Waals surface area contributed by atoms with E-state index in [1.54, 1.807) is 36.5 Å². The van der Waals surface area contributed by atoms with E-state index in [0.29, 0.717) is 21.6 Å². The van der Waals surface area contributed by atoms with Gasteiger partial charge in [-0.2, -0.15) is 0 Å². The normalized spacial score (nSPS) is 11.2. The highest BCUT2D eigenvalue weighted by Crippen LogP contribution is 2.29. The molecule has 4 rings (SSSR count). The Labute approximate surface area is 175 Å². The van der Waals surface area contributed by atoms with Crippen molar-refractivity contribution in [2.45, 2.75) is 0 Å². The molecule has 2 aromatic carbocycles. The Morgan fingerprint density at radius 3 is 2.50 bits per heavy atom. The molecule has 2 N–H and O–H groups in total. The SMILES string of the molecule is O=C(c1c(F)ccc(N[SH](=O)=O)c1F)c1c[nH]c2ncc(-c3ccc(Cl)cc3)cc12. The number of anilines is 1. The smallest absolute Gasteiger partial charge is 0.222 e. The number of nitrogens with zero attached hydrogens (tertiary/aromatic N) is 1. The fourth-order valence-corrected chi connectivity index (χ4v) is 3.57. The zero-order valence-electron chi connectivity index (χ0n) is 14.9. The molecule has 0 fully saturated rings. The van der Waals surface area contributed by atoms with Gasteiger partial charge >= 0.3 is 0 Å². The molecule has 0 bridgehead atoms. The maximum atomic E-state index is 14.7. The number of aromatic nitrogens is 2. The predicted molar refractivity (Wildman–Crippen MR) is 110 cm³/mol. The topological polar surface area (TPSA) is 91.9 Å². The van der Waals surface area contributed by atoms with Gasteiger partial charge in [0.15, 0.2) is 5.82 Å². The van der Waals surface area contributed by atoms with Gasteiger partial charge in [0, 0.05) is 33.9 Å². The lowest BCUT2D eigenvalue weighted by Gasteiger charge is -2.08. The van der Waals surface area contributed by atoms with Gasteiger partial charge in [0.1, 0.15) is 11.5 Å². The minimum absolute atomic E-state index is 0.00484. The molecule has 0 saturated heterocycles. The predicted octanol–water partition coefficient (Wildman–Crippen LogP) is 4.33. The van der Waals surface area contributed by atoms with E-state index in [0.717, 1.165) is 17.7 Å². The Morgan fingerprint density at radius 1 is 1.07 bits per heavy atom. The van der Waals surface area contributed by atoms with Crippen LogP contribution in [0.15, 0.2) is 54.9 Å². The van der Waals surface area contributed by atoms with Crippen molar-refractivity contribution in [1.29, 1.82) is 0 Å². The summed E-state index contributed by atoms with van der Waals surface area (Å²) in [5.74, 6) is -3.35. The molecule has 2 heterocycles. The molecule has 0 saturated carbocycles. The summed E-state index contributed by atoms with van der Waals surface area (Å²) in [4.78, 5) is 20.0. The fraction of sp³-hybridized carbons (Fsp3) is 0. The third-order valence-corrected chi connectivity index (χ3v) is 5.16. The van der Waals surface area contributed by atoms with Gasteiger partial charge < -0.3 is 4.98 Å². The first-order valence-electron chi connectivity index (χ1n) is 8.52. The number of ketones is 1. The van der Waals surface area contributed by atoms with Crippen LogP contribution in [0.2, 0.25) is 5.02 Å². The fourth-order valence-electron chi connectivity index (χ4n) is 3.07. The highest BCUT2D eigenvalue weighted by molar-refractivity contribution is 7.73. The van der Waals surface area contributed by atoms with Crippen molar-refractivity contribution < 1.29 is 22.0 Å². The van der Waals surface area contributed by atoms with E-state index in [1.807, 2.05) is 4.72 Å². The number of nitrogens with one attached hydrogen (secondary N) is 2. The van der Waals surface area contributed by atoms with Gasteiger partial charge in [-0.25, -0.2) is 22.2 Å². The van der Waals surface area contributed by atoms with E-state index in [2.05, 4.69) is 9.97 Å². The van der Waals surface area contributed by atoms with Crippen LogP contribution < -0.4 is 4.72 Å². The Hall–Kier alpha value is -3.30. The number of carbonyl (C=O) groups excluding carboxylic acids is 1. The van der Waals surface area contributed by atoms with Crippen molar-refractivity contribution >= 4 is 45.0 Å². The Bertz CT molecular complexity index is 1360. The number of rotatable bonds is 5. The van der Waals surface area contributed by atoms with Crippen LogP contribution in [0.4, 0.5) is 14.5 Å². The second-order valence-electron chi connectivity index (χ2n) is 6.31. The number of halogens is 3. The van der Waals surface area contributed by atoms with Crippen molar-refractivity contribution in [2.75, 3.05) is 4.72 Å². The van der Waals surface area contributed by atoms with Gasteiger partial charge in [-0.05, 0) is 35.9 Å². The zero-order chi connectivity index (χ0) is 21.4. The van der Waals surface area contributed by atoms with Crippen LogP contribution in [-0.2, 0) is 10.9 Å². The average molecular weight is 448 g/mol. The van der Waals surface area contributed by atoms with E-state index in [4.69, 9.17) is 11.6 Å². The van der Waals surface area contributed by atoms with E-state index < -0.39 is 39.6 Å². The summed E-state index contributed by atoms with van der Waals surface area (Å²) >= 11 is 5.91. The number of H-pyrrole nitrogens is 1. The molecule has 6 nitrogen and oxygen atoms in total. The number of benzene rings is 2. The molecule has 0 aliphatic heterocycles. The van der Waals surface area contributed by atoms with Crippen LogP contribution >= 0.6 is 11.6 Å². The minimum atomic E-state index is -3.19. The third kappa shape index (κ3) is 3.64. The van der Waals surface area contributed by atoms with Crippen molar-refractivity contribution in [1.82, 2.24) is 9.97 Å². The first-order valence-corrected chi connectivity index (χ1v) is 10.1. The van der Waals surface area contributed by atoms with Crippen LogP contribution in [0.3, 0.4) is 0 Å². The highest BCUT2D eigenvalue weighted by atomic mass is 35.5. The number of pyridine rings is 1. The highest BCUT2D eigenvalue weighted by Gasteiger charge is 2.24. The van der Waals surface area contributed by atoms with E-state index in [1.165, 1.54) is 6.20 Å². The van der Waals surface area contributed by atoms with Crippen LogP contribution in [0.1, 0.15) is 15.9 Å². The Balaban J connectivity index is 1.83. The molecule has 2 aromatic heterocycles. The maximum Gasteiger partial charge on any atom is 0.222 e. The van der Waals surface area contributed by atoms with Crippen LogP contribution in [-0.4, -0.2) is 24.2 Å². The first kappa shape index (κ1) is 20.0. The molecule has 4 aromatic rings. The van der Waals surface area contributed by atoms with E-state index in [9.17, 15) is 22.0 Å². The summed E-state index contributed by atoms with van der Waals surface area (Å²) in [6.45, 7) is 0. The largest absolute Gasteiger partial charge is 0.345 e. The second-order valence-corrected chi connectivity index (χ2v) is 7.49. The number of hydrogen-bond donors (Lipinski definition) is 3. The molecule has 152 valence electrons. The minimum Gasteiger partial charge on any atom is -0.345 e. The molecule has 30 heavy (non-hydrogen) atoms. The summed E-state index contributed by atoms with van der Waals surface area (Å²) in [7, 11) is -3.19. The molecular formula is C20H12ClF2N3O3S. The zero-order valence-corrected chi connectivity index (χ0v) is 16.6. The number of hydrogen-bond acceptors (Lipinski definition) is 4. The molecule has 0 aliphatic rings. The number of carbonyl (C=O) groups is 1. The summed E-state index contributed by atoms with van der Waals surface area (Å²) in [5.41, 5.74) is 0.428. The summed E-state index contributed by atoms with van der Waals surface area (Å²) < 4.78 is 52.5. The van der Waals surface area contributed by atoms with Crippen molar-refractivity contribution in [3.8, 4) is 11.1 Å². The number of fused-ring (bicyclic) bond motifs is 1. The van der Waals surface area contributed by atoms with E-state index >= 15 is 0 Å². The Kier molecular flexibility index (Phi) is 5.23. The molecule has 0 unspecified atom stereocenters. The third-order valence-electron chi connectivity index (χ3n) is 4.48. The van der Waals surface area contributed by atoms with Gasteiger partial charge in [-0.15, -0.1) is 0 Å². The number of aromatic amines is 1. The number of thiol groups is 1. The molecule has 0 amide bonds. The van der Waals surface area contributed by atoms with Gasteiger partial charge in [0.2, 0.25) is 16.7 Å². The lowest BCUT2D eigenvalue weighted by Crippen LogP contribution is -2.10. The summed E-state index contributed by atoms with van der Waals surface area (Å²) in [5, 5.41) is 0.920. The monoisotopic (exact) mass is 447 g/mol. The van der Waals surface area contributed by atoms with Crippen molar-refractivity contribution in [3.05, 3.63) is 82.6 Å². The first-order chi connectivity index (χ1) is 14.3. The van der Waals surface area contributed by atoms with E-state index in [-0.39, 0.29) is 5.56 Å². The molecule has 0 spiro atoms. The maximum absolute atomic E-state index is 14.7. The Morgan fingerprint density at radius 2 is 1.80 bits per heavy atom. The summed E-state index contributed by atoms with van der Waals surface area (Å²) in [6, 6.07) is 10.4. The van der Waals surface area contributed by atoms with Gasteiger partial charge in [-0.1, -0.05) is 23.7 Å². The van der Waals surface area contributed by atoms with Crippen LogP contribution in [0, 0.1) is 11.6 Å². The van der Waals surface area contributed by atoms with Gasteiger partial charge in [-0.3, -0.25) is 9.52 Å². The molecule has 10 heteroatoms. The molecule has 0 radical (unpaired) electrons. The standard InChI is InChI=1S/C20H12ClF2N3O3S/c21-12-3-1-10(2-4-12)11-7-13-14(9-25-20(13)24-8-11)19(27)17-15(22)5-6-16(18(17)23)26-30(28)29/h1-9,30H,(H,24,25)(H,26,28,29). The van der Waals surface area contributed by atoms with Crippen molar-refractivity contribution in [3.63, 3.8) is 0 Å². The molecule has 0 aliphatic carbocycles. The van der Waals surface area contributed by atoms with Gasteiger partial charge in [0.05, 0.1) is 11.3 Å². The summed E-state index contributed by atoms with van der Waals surface area (Å²) in [6.07, 6.45) is 2.89. The van der Waals surface area contributed by atoms with Crippen LogP contribution in [0.25, 0.3) is 22.2 Å². The lowest BCUT2D eigenvalue weighted by molar-refractivity contribution is 0.103. The van der Waals surface area contributed by atoms with Crippen molar-refractivity contribution in [2.24, 2.45) is 0 Å². The van der Waals surface area contributed by atoms with Gasteiger partial charge in [0.25, 0.3) is 0 Å². The average Bonchev–Trinajstić information content (AvgIpc) is 3.14. The molecular weight excluding hydrogens is 436 g/mol. The lowest BCUT2D eigenvalue weighted by atomic mass is 10.00.